The molecule has 0 aliphatic heterocycles. The fourth-order valence-corrected chi connectivity index (χ4v) is 3.33. The van der Waals surface area contributed by atoms with Gasteiger partial charge >= 0.3 is 5.97 Å². The fourth-order valence-electron chi connectivity index (χ4n) is 2.84. The third-order valence-electron chi connectivity index (χ3n) is 4.45. The Balaban J connectivity index is 1.49. The molecule has 1 unspecified atom stereocenters. The number of rotatable bonds is 7. The van der Waals surface area contributed by atoms with Gasteiger partial charge in [0.1, 0.15) is 0 Å². The molecule has 0 saturated heterocycles. The molecule has 1 aromatic heterocycles. The number of amides is 1. The fraction of sp³-hybridized carbons (Fsp3) is 0.238. The molecule has 0 bridgehead atoms. The Morgan fingerprint density at radius 3 is 2.70 bits per heavy atom. The quantitative estimate of drug-likeness (QED) is 0.509. The summed E-state index contributed by atoms with van der Waals surface area (Å²) < 4.78 is 7.13. The van der Waals surface area contributed by atoms with Crippen molar-refractivity contribution < 1.29 is 14.3 Å². The van der Waals surface area contributed by atoms with Crippen LogP contribution in [0.25, 0.3) is 10.9 Å². The number of benzene rings is 2. The first-order chi connectivity index (χ1) is 14.3. The van der Waals surface area contributed by atoms with Gasteiger partial charge in [0, 0.05) is 16.0 Å². The Bertz CT molecular complexity index is 1130. The first-order valence-corrected chi connectivity index (χ1v) is 10.4. The number of halogens is 2. The van der Waals surface area contributed by atoms with E-state index in [-0.39, 0.29) is 24.6 Å². The van der Waals surface area contributed by atoms with E-state index in [0.717, 1.165) is 10.0 Å². The van der Waals surface area contributed by atoms with Crippen LogP contribution in [-0.4, -0.2) is 28.0 Å². The average Bonchev–Trinajstić information content (AvgIpc) is 2.72. The Morgan fingerprint density at radius 1 is 1.23 bits per heavy atom. The molecule has 0 fully saturated rings. The number of nitrogens with zero attached hydrogens (tertiary/aromatic N) is 2. The van der Waals surface area contributed by atoms with E-state index in [0.29, 0.717) is 15.9 Å². The Morgan fingerprint density at radius 2 is 1.97 bits per heavy atom. The first-order valence-electron chi connectivity index (χ1n) is 9.18. The molecule has 0 spiro atoms. The van der Waals surface area contributed by atoms with Crippen LogP contribution in [0.15, 0.2) is 58.1 Å². The smallest absolute Gasteiger partial charge is 0.308 e. The number of hydrogen-bond acceptors (Lipinski definition) is 5. The molecule has 1 atom stereocenters. The molecule has 2 aromatic carbocycles. The van der Waals surface area contributed by atoms with Crippen molar-refractivity contribution in [2.75, 3.05) is 6.61 Å². The molecule has 0 aliphatic carbocycles. The summed E-state index contributed by atoms with van der Waals surface area (Å²) in [5.41, 5.74) is 1.21. The molecule has 1 N–H and O–H groups in total. The van der Waals surface area contributed by atoms with Gasteiger partial charge in [0.15, 0.2) is 6.61 Å². The number of aryl methyl sites for hydroxylation is 1. The molecule has 0 aliphatic rings. The van der Waals surface area contributed by atoms with E-state index in [4.69, 9.17) is 16.3 Å². The van der Waals surface area contributed by atoms with Gasteiger partial charge in [-0.1, -0.05) is 39.7 Å². The minimum atomic E-state index is -0.578. The Hall–Kier alpha value is -2.71. The molecule has 0 saturated carbocycles. The zero-order valence-electron chi connectivity index (χ0n) is 16.1. The number of fused-ring (bicyclic) bond motifs is 1. The molecule has 30 heavy (non-hydrogen) atoms. The van der Waals surface area contributed by atoms with Crippen LogP contribution in [0.5, 0.6) is 0 Å². The third kappa shape index (κ3) is 5.67. The first kappa shape index (κ1) is 22.0. The van der Waals surface area contributed by atoms with Gasteiger partial charge < -0.3 is 10.1 Å². The molecule has 9 heteroatoms. The summed E-state index contributed by atoms with van der Waals surface area (Å²) in [6, 6.07) is 12.1. The molecule has 0 radical (unpaired) electrons. The van der Waals surface area contributed by atoms with Crippen molar-refractivity contribution in [2.45, 2.75) is 25.9 Å². The molecule has 7 nitrogen and oxygen atoms in total. The number of aromatic nitrogens is 2. The minimum absolute atomic E-state index is 0.0544. The van der Waals surface area contributed by atoms with E-state index >= 15 is 0 Å². The van der Waals surface area contributed by atoms with Gasteiger partial charge in [0.05, 0.1) is 29.7 Å². The monoisotopic (exact) mass is 491 g/mol. The van der Waals surface area contributed by atoms with Gasteiger partial charge in [0.25, 0.3) is 11.5 Å². The SMILES string of the molecule is CC(NC(=O)COC(=O)CCn1cnc2ccc(Br)cc2c1=O)c1ccc(Cl)cc1. The predicted octanol–water partition coefficient (Wildman–Crippen LogP) is 3.62. The van der Waals surface area contributed by atoms with E-state index in [9.17, 15) is 14.4 Å². The molecular formula is C21H19BrClN3O4. The average molecular weight is 493 g/mol. The van der Waals surface area contributed by atoms with Crippen molar-refractivity contribution in [3.63, 3.8) is 0 Å². The molecule has 156 valence electrons. The number of esters is 1. The van der Waals surface area contributed by atoms with Crippen molar-refractivity contribution in [1.82, 2.24) is 14.9 Å². The summed E-state index contributed by atoms with van der Waals surface area (Å²) >= 11 is 9.18. The van der Waals surface area contributed by atoms with Crippen molar-refractivity contribution in [1.29, 1.82) is 0 Å². The summed E-state index contributed by atoms with van der Waals surface area (Å²) in [5, 5.41) is 3.82. The second kappa shape index (κ2) is 9.86. The second-order valence-corrected chi connectivity index (χ2v) is 8.01. The van der Waals surface area contributed by atoms with Crippen molar-refractivity contribution in [2.24, 2.45) is 0 Å². The van der Waals surface area contributed by atoms with Gasteiger partial charge in [-0.05, 0) is 42.8 Å². The predicted molar refractivity (Wildman–Crippen MR) is 117 cm³/mol. The lowest BCUT2D eigenvalue weighted by atomic mass is 10.1. The minimum Gasteiger partial charge on any atom is -0.456 e. The summed E-state index contributed by atoms with van der Waals surface area (Å²) in [4.78, 5) is 40.7. The topological polar surface area (TPSA) is 90.3 Å². The lowest BCUT2D eigenvalue weighted by Crippen LogP contribution is -2.31. The maximum atomic E-state index is 12.5. The van der Waals surface area contributed by atoms with E-state index in [1.165, 1.54) is 10.9 Å². The van der Waals surface area contributed by atoms with Crippen LogP contribution in [0.2, 0.25) is 5.02 Å². The van der Waals surface area contributed by atoms with Gasteiger partial charge in [-0.25, -0.2) is 4.98 Å². The highest BCUT2D eigenvalue weighted by Crippen LogP contribution is 2.16. The van der Waals surface area contributed by atoms with E-state index in [2.05, 4.69) is 26.2 Å². The number of carbonyl (C=O) groups is 2. The number of nitrogens with one attached hydrogen (secondary N) is 1. The van der Waals surface area contributed by atoms with Crippen LogP contribution in [0.3, 0.4) is 0 Å². The normalized spacial score (nSPS) is 11.8. The van der Waals surface area contributed by atoms with Crippen LogP contribution < -0.4 is 10.9 Å². The summed E-state index contributed by atoms with van der Waals surface area (Å²) in [6.45, 7) is 1.53. The van der Waals surface area contributed by atoms with Crippen LogP contribution in [-0.2, 0) is 20.9 Å². The standard InChI is InChI=1S/C21H19BrClN3O4/c1-13(14-2-5-16(23)6-3-14)25-19(27)11-30-20(28)8-9-26-12-24-18-7-4-15(22)10-17(18)21(26)29/h2-7,10,12-13H,8-9,11H2,1H3,(H,25,27). The number of hydrogen-bond donors (Lipinski definition) is 1. The van der Waals surface area contributed by atoms with Crippen LogP contribution in [0.4, 0.5) is 0 Å². The van der Waals surface area contributed by atoms with Crippen molar-refractivity contribution >= 4 is 50.3 Å². The van der Waals surface area contributed by atoms with Crippen LogP contribution >= 0.6 is 27.5 Å². The Labute approximate surface area is 186 Å². The third-order valence-corrected chi connectivity index (χ3v) is 5.20. The van der Waals surface area contributed by atoms with Gasteiger partial charge in [-0.3, -0.25) is 19.0 Å². The van der Waals surface area contributed by atoms with Crippen LogP contribution in [0, 0.1) is 0 Å². The summed E-state index contributed by atoms with van der Waals surface area (Å²) in [6.07, 6.45) is 1.34. The van der Waals surface area contributed by atoms with E-state index in [1.807, 2.05) is 19.1 Å². The van der Waals surface area contributed by atoms with E-state index < -0.39 is 18.5 Å². The second-order valence-electron chi connectivity index (χ2n) is 6.66. The molecule has 3 aromatic rings. The largest absolute Gasteiger partial charge is 0.456 e. The zero-order chi connectivity index (χ0) is 21.7. The summed E-state index contributed by atoms with van der Waals surface area (Å²) in [5.74, 6) is -0.995. The highest BCUT2D eigenvalue weighted by Gasteiger charge is 2.13. The van der Waals surface area contributed by atoms with Crippen molar-refractivity contribution in [3.8, 4) is 0 Å². The molecular weight excluding hydrogens is 474 g/mol. The van der Waals surface area contributed by atoms with E-state index in [1.54, 1.807) is 30.3 Å². The van der Waals surface area contributed by atoms with Crippen molar-refractivity contribution in [3.05, 3.63) is 74.2 Å². The van der Waals surface area contributed by atoms with Gasteiger partial charge in [-0.15, -0.1) is 0 Å². The molecule has 1 amide bonds. The lowest BCUT2D eigenvalue weighted by Gasteiger charge is -2.14. The molecule has 3 rings (SSSR count). The number of ether oxygens (including phenoxy) is 1. The highest BCUT2D eigenvalue weighted by atomic mass is 79.9. The highest BCUT2D eigenvalue weighted by molar-refractivity contribution is 9.10. The molecule has 1 heterocycles. The van der Waals surface area contributed by atoms with Crippen LogP contribution in [0.1, 0.15) is 24.9 Å². The Kier molecular flexibility index (Phi) is 7.23. The maximum absolute atomic E-state index is 12.5. The lowest BCUT2D eigenvalue weighted by molar-refractivity contribution is -0.148. The number of carbonyl (C=O) groups excluding carboxylic acids is 2. The zero-order valence-corrected chi connectivity index (χ0v) is 18.4. The summed E-state index contributed by atoms with van der Waals surface area (Å²) in [7, 11) is 0. The van der Waals surface area contributed by atoms with Gasteiger partial charge in [-0.2, -0.15) is 0 Å². The van der Waals surface area contributed by atoms with Gasteiger partial charge in [0.2, 0.25) is 0 Å². The maximum Gasteiger partial charge on any atom is 0.308 e.